The zero-order chi connectivity index (χ0) is 31.2. The maximum atomic E-state index is 6.08. The van der Waals surface area contributed by atoms with Crippen molar-refractivity contribution in [2.75, 3.05) is 0 Å². The molecule has 0 fully saturated rings. The minimum atomic E-state index is 0.730. The summed E-state index contributed by atoms with van der Waals surface area (Å²) in [4.78, 5) is 0. The van der Waals surface area contributed by atoms with Gasteiger partial charge in [0.15, 0.2) is 0 Å². The van der Waals surface area contributed by atoms with Crippen molar-refractivity contribution in [3.8, 4) is 45.6 Å². The van der Waals surface area contributed by atoms with Gasteiger partial charge >= 0.3 is 0 Å². The highest BCUT2D eigenvalue weighted by atomic mass is 16.5. The first kappa shape index (κ1) is 29.3. The quantitative estimate of drug-likeness (QED) is 0.160. The lowest BCUT2D eigenvalue weighted by molar-refractivity contribution is 0.469. The Morgan fingerprint density at radius 1 is 0.378 bits per heavy atom. The molecule has 3 nitrogen and oxygen atoms in total. The number of benzene rings is 6. The minimum absolute atomic E-state index is 0.730. The molecule has 0 aliphatic rings. The van der Waals surface area contributed by atoms with E-state index in [0.717, 1.165) is 67.9 Å². The molecular weight excluding hydrogens is 552 g/mol. The molecule has 0 bridgehead atoms. The molecule has 0 atom stereocenters. The molecule has 0 aliphatic carbocycles. The molecular formula is C42H34O3. The highest BCUT2D eigenvalue weighted by molar-refractivity contribution is 5.78. The summed E-state index contributed by atoms with van der Waals surface area (Å²) < 4.78 is 18.1. The Labute approximate surface area is 265 Å². The predicted molar refractivity (Wildman–Crippen MR) is 185 cm³/mol. The average Bonchev–Trinajstić information content (AvgIpc) is 3.07. The third kappa shape index (κ3) is 7.41. The average molecular weight is 587 g/mol. The molecule has 0 aliphatic heterocycles. The molecule has 0 radical (unpaired) electrons. The number of allylic oxidation sites excluding steroid dienone is 1. The lowest BCUT2D eigenvalue weighted by Gasteiger charge is -2.11. The fourth-order valence-corrected chi connectivity index (χ4v) is 4.87. The van der Waals surface area contributed by atoms with Crippen LogP contribution in [0, 0.1) is 6.92 Å². The van der Waals surface area contributed by atoms with Gasteiger partial charge in [-0.3, -0.25) is 0 Å². The molecule has 6 aromatic rings. The Morgan fingerprint density at radius 2 is 0.644 bits per heavy atom. The van der Waals surface area contributed by atoms with Gasteiger partial charge in [0.1, 0.15) is 34.5 Å². The molecule has 6 rings (SSSR count). The van der Waals surface area contributed by atoms with Crippen LogP contribution in [0.5, 0.6) is 34.5 Å². The number of hydrogen-bond donors (Lipinski definition) is 0. The van der Waals surface area contributed by atoms with Crippen LogP contribution in [-0.4, -0.2) is 0 Å². The van der Waals surface area contributed by atoms with Crippen molar-refractivity contribution in [3.05, 3.63) is 181 Å². The molecule has 0 unspecified atom stereocenters. The SMILES string of the molecule is C=C(C)c1ccc(Oc2ccc(C(=C)c3ccc(Oc4ccc(Oc5ccc(-c6ccc(C)cc6)cc5)cc4)cc3)cc2)cc1. The fourth-order valence-electron chi connectivity index (χ4n) is 4.87. The molecule has 0 N–H and O–H groups in total. The lowest BCUT2D eigenvalue weighted by atomic mass is 9.99. The first-order valence-corrected chi connectivity index (χ1v) is 14.9. The van der Waals surface area contributed by atoms with Gasteiger partial charge in [-0.1, -0.05) is 97.1 Å². The summed E-state index contributed by atoms with van der Waals surface area (Å²) in [6.45, 7) is 12.4. The summed E-state index contributed by atoms with van der Waals surface area (Å²) in [7, 11) is 0. The van der Waals surface area contributed by atoms with E-state index >= 15 is 0 Å². The normalized spacial score (nSPS) is 10.6. The third-order valence-electron chi connectivity index (χ3n) is 7.52. The van der Waals surface area contributed by atoms with E-state index in [1.807, 2.05) is 116 Å². The van der Waals surface area contributed by atoms with E-state index in [1.54, 1.807) is 0 Å². The fraction of sp³-hybridized carbons (Fsp3) is 0.0476. The summed E-state index contributed by atoms with van der Waals surface area (Å²) in [5, 5.41) is 0. The van der Waals surface area contributed by atoms with Gasteiger partial charge in [-0.2, -0.15) is 0 Å². The van der Waals surface area contributed by atoms with Crippen LogP contribution in [0.1, 0.15) is 29.2 Å². The number of hydrogen-bond acceptors (Lipinski definition) is 3. The Bertz CT molecular complexity index is 1900. The van der Waals surface area contributed by atoms with E-state index in [4.69, 9.17) is 14.2 Å². The predicted octanol–water partition coefficient (Wildman–Crippen LogP) is 12.1. The molecule has 0 saturated carbocycles. The van der Waals surface area contributed by atoms with Crippen molar-refractivity contribution in [1.29, 1.82) is 0 Å². The summed E-state index contributed by atoms with van der Waals surface area (Å²) in [6, 6.07) is 48.1. The number of ether oxygens (including phenoxy) is 3. The van der Waals surface area contributed by atoms with Crippen LogP contribution in [0.25, 0.3) is 22.3 Å². The van der Waals surface area contributed by atoms with Gasteiger partial charge in [-0.25, -0.2) is 0 Å². The highest BCUT2D eigenvalue weighted by Gasteiger charge is 2.07. The van der Waals surface area contributed by atoms with Crippen LogP contribution < -0.4 is 14.2 Å². The van der Waals surface area contributed by atoms with Gasteiger partial charge < -0.3 is 14.2 Å². The summed E-state index contributed by atoms with van der Waals surface area (Å²) in [5.41, 5.74) is 8.69. The van der Waals surface area contributed by atoms with Crippen molar-refractivity contribution in [2.24, 2.45) is 0 Å². The second-order valence-electron chi connectivity index (χ2n) is 11.0. The van der Waals surface area contributed by atoms with Gasteiger partial charge in [0.25, 0.3) is 0 Å². The van der Waals surface area contributed by atoms with Gasteiger partial charge in [0.2, 0.25) is 0 Å². The molecule has 3 heteroatoms. The van der Waals surface area contributed by atoms with Crippen molar-refractivity contribution < 1.29 is 14.2 Å². The number of rotatable bonds is 10. The summed E-state index contributed by atoms with van der Waals surface area (Å²) >= 11 is 0. The van der Waals surface area contributed by atoms with Crippen LogP contribution in [0.15, 0.2) is 159 Å². The third-order valence-corrected chi connectivity index (χ3v) is 7.52. The molecule has 0 aromatic heterocycles. The molecule has 0 amide bonds. The van der Waals surface area contributed by atoms with Crippen molar-refractivity contribution in [2.45, 2.75) is 13.8 Å². The zero-order valence-corrected chi connectivity index (χ0v) is 25.5. The van der Waals surface area contributed by atoms with Crippen LogP contribution in [0.2, 0.25) is 0 Å². The summed E-state index contributed by atoms with van der Waals surface area (Å²) in [5.74, 6) is 4.56. The van der Waals surface area contributed by atoms with Gasteiger partial charge in [0.05, 0.1) is 0 Å². The van der Waals surface area contributed by atoms with E-state index in [9.17, 15) is 0 Å². The largest absolute Gasteiger partial charge is 0.457 e. The zero-order valence-electron chi connectivity index (χ0n) is 25.5. The first-order valence-electron chi connectivity index (χ1n) is 14.9. The Morgan fingerprint density at radius 3 is 0.978 bits per heavy atom. The maximum Gasteiger partial charge on any atom is 0.127 e. The molecule has 45 heavy (non-hydrogen) atoms. The van der Waals surface area contributed by atoms with Crippen molar-refractivity contribution in [3.63, 3.8) is 0 Å². The Balaban J connectivity index is 1.02. The molecule has 0 spiro atoms. The molecule has 6 aromatic carbocycles. The second kappa shape index (κ2) is 13.2. The second-order valence-corrected chi connectivity index (χ2v) is 11.0. The topological polar surface area (TPSA) is 27.7 Å². The Hall–Kier alpha value is -5.80. The highest BCUT2D eigenvalue weighted by Crippen LogP contribution is 2.31. The maximum absolute atomic E-state index is 6.08. The smallest absolute Gasteiger partial charge is 0.127 e. The monoisotopic (exact) mass is 586 g/mol. The Kier molecular flexibility index (Phi) is 8.61. The standard InChI is InChI=1S/C42H34O3/c1-29(2)32-9-17-37(18-10-32)43-38-19-11-33(12-20-38)31(4)34-13-21-39(22-14-34)44-41-25-27-42(28-26-41)45-40-23-15-36(16-24-40)35-7-5-30(3)6-8-35/h5-28H,1,4H2,2-3H3. The first-order chi connectivity index (χ1) is 21.9. The van der Waals surface area contributed by atoms with Gasteiger partial charge in [0, 0.05) is 0 Å². The van der Waals surface area contributed by atoms with E-state index < -0.39 is 0 Å². The van der Waals surface area contributed by atoms with Crippen LogP contribution in [0.3, 0.4) is 0 Å². The van der Waals surface area contributed by atoms with Gasteiger partial charge in [-0.15, -0.1) is 0 Å². The van der Waals surface area contributed by atoms with Crippen molar-refractivity contribution in [1.82, 2.24) is 0 Å². The lowest BCUT2D eigenvalue weighted by Crippen LogP contribution is -1.90. The van der Waals surface area contributed by atoms with E-state index in [-0.39, 0.29) is 0 Å². The van der Waals surface area contributed by atoms with E-state index in [0.29, 0.717) is 0 Å². The summed E-state index contributed by atoms with van der Waals surface area (Å²) in [6.07, 6.45) is 0. The van der Waals surface area contributed by atoms with Crippen LogP contribution >= 0.6 is 0 Å². The van der Waals surface area contributed by atoms with Crippen LogP contribution in [0.4, 0.5) is 0 Å². The molecule has 0 saturated heterocycles. The number of aryl methyl sites for hydroxylation is 1. The van der Waals surface area contributed by atoms with E-state index in [1.165, 1.54) is 11.1 Å². The van der Waals surface area contributed by atoms with E-state index in [2.05, 4.69) is 56.5 Å². The van der Waals surface area contributed by atoms with Crippen LogP contribution in [-0.2, 0) is 0 Å². The molecule has 0 heterocycles. The molecule has 220 valence electrons. The van der Waals surface area contributed by atoms with Crippen molar-refractivity contribution >= 4 is 11.1 Å². The minimum Gasteiger partial charge on any atom is -0.457 e. The van der Waals surface area contributed by atoms with Gasteiger partial charge in [-0.05, 0) is 120 Å².